The zero-order valence-electron chi connectivity index (χ0n) is 9.95. The van der Waals surface area contributed by atoms with Crippen molar-refractivity contribution in [2.75, 3.05) is 11.1 Å². The summed E-state index contributed by atoms with van der Waals surface area (Å²) in [5.41, 5.74) is 7.28. The van der Waals surface area contributed by atoms with E-state index in [0.717, 1.165) is 17.7 Å². The van der Waals surface area contributed by atoms with Gasteiger partial charge in [0.15, 0.2) is 11.6 Å². The molecule has 3 N–H and O–H groups in total. The standard InChI is InChI=1S/C14H14F2N2/c1-9(10-5-3-2-4-6-10)18-14-8-12(16)11(15)7-13(14)17/h2-9,18H,17H2,1H3. The summed E-state index contributed by atoms with van der Waals surface area (Å²) >= 11 is 0. The number of anilines is 2. The summed E-state index contributed by atoms with van der Waals surface area (Å²) in [7, 11) is 0. The predicted molar refractivity (Wildman–Crippen MR) is 69.3 cm³/mol. The van der Waals surface area contributed by atoms with Crippen LogP contribution in [0.4, 0.5) is 20.2 Å². The molecule has 94 valence electrons. The molecule has 1 atom stereocenters. The van der Waals surface area contributed by atoms with Crippen molar-refractivity contribution in [3.05, 3.63) is 59.7 Å². The summed E-state index contributed by atoms with van der Waals surface area (Å²) < 4.78 is 26.1. The van der Waals surface area contributed by atoms with E-state index in [1.54, 1.807) is 0 Å². The highest BCUT2D eigenvalue weighted by Crippen LogP contribution is 2.26. The number of rotatable bonds is 3. The van der Waals surface area contributed by atoms with Crippen LogP contribution in [0.15, 0.2) is 42.5 Å². The number of nitrogens with two attached hydrogens (primary N) is 1. The van der Waals surface area contributed by atoms with Gasteiger partial charge < -0.3 is 11.1 Å². The molecular weight excluding hydrogens is 234 g/mol. The Morgan fingerprint density at radius 2 is 1.67 bits per heavy atom. The van der Waals surface area contributed by atoms with Gasteiger partial charge in [0.25, 0.3) is 0 Å². The fourth-order valence-electron chi connectivity index (χ4n) is 1.75. The van der Waals surface area contributed by atoms with Crippen molar-refractivity contribution in [1.82, 2.24) is 0 Å². The number of benzene rings is 2. The Bertz CT molecular complexity index is 541. The van der Waals surface area contributed by atoms with Crippen molar-refractivity contribution < 1.29 is 8.78 Å². The Hall–Kier alpha value is -2.10. The fraction of sp³-hybridized carbons (Fsp3) is 0.143. The van der Waals surface area contributed by atoms with E-state index in [-0.39, 0.29) is 11.7 Å². The molecule has 0 radical (unpaired) electrons. The predicted octanol–water partition coefficient (Wildman–Crippen LogP) is 3.72. The first-order chi connectivity index (χ1) is 8.58. The molecular formula is C14H14F2N2. The van der Waals surface area contributed by atoms with Crippen LogP contribution in [0, 0.1) is 11.6 Å². The highest BCUT2D eigenvalue weighted by Gasteiger charge is 2.10. The minimum Gasteiger partial charge on any atom is -0.397 e. The molecule has 2 aromatic rings. The lowest BCUT2D eigenvalue weighted by molar-refractivity contribution is 0.509. The molecule has 0 aromatic heterocycles. The SMILES string of the molecule is CC(Nc1cc(F)c(F)cc1N)c1ccccc1. The molecule has 0 bridgehead atoms. The Labute approximate surface area is 104 Å². The van der Waals surface area contributed by atoms with Gasteiger partial charge in [-0.1, -0.05) is 30.3 Å². The van der Waals surface area contributed by atoms with Crippen molar-refractivity contribution in [1.29, 1.82) is 0 Å². The molecule has 1 unspecified atom stereocenters. The molecule has 2 aromatic carbocycles. The first-order valence-electron chi connectivity index (χ1n) is 5.64. The molecule has 0 spiro atoms. The molecule has 0 saturated carbocycles. The van der Waals surface area contributed by atoms with Crippen LogP contribution in [-0.4, -0.2) is 0 Å². The first kappa shape index (κ1) is 12.4. The maximum absolute atomic E-state index is 13.1. The molecule has 2 nitrogen and oxygen atoms in total. The summed E-state index contributed by atoms with van der Waals surface area (Å²) in [5, 5.41) is 3.06. The quantitative estimate of drug-likeness (QED) is 0.812. The van der Waals surface area contributed by atoms with Crippen molar-refractivity contribution in [3.63, 3.8) is 0 Å². The Morgan fingerprint density at radius 1 is 1.06 bits per heavy atom. The highest BCUT2D eigenvalue weighted by molar-refractivity contribution is 5.66. The zero-order valence-corrected chi connectivity index (χ0v) is 9.95. The van der Waals surface area contributed by atoms with Crippen LogP contribution in [0.2, 0.25) is 0 Å². The van der Waals surface area contributed by atoms with E-state index in [4.69, 9.17) is 5.73 Å². The van der Waals surface area contributed by atoms with E-state index >= 15 is 0 Å². The highest BCUT2D eigenvalue weighted by atomic mass is 19.2. The van der Waals surface area contributed by atoms with Gasteiger partial charge in [-0.3, -0.25) is 0 Å². The molecule has 2 rings (SSSR count). The van der Waals surface area contributed by atoms with Crippen LogP contribution in [0.5, 0.6) is 0 Å². The van der Waals surface area contributed by atoms with Crippen molar-refractivity contribution in [2.24, 2.45) is 0 Å². The third-order valence-electron chi connectivity index (χ3n) is 2.76. The molecule has 0 amide bonds. The van der Waals surface area contributed by atoms with Crippen LogP contribution in [0.25, 0.3) is 0 Å². The molecule has 0 aliphatic carbocycles. The van der Waals surface area contributed by atoms with Crippen LogP contribution < -0.4 is 11.1 Å². The minimum absolute atomic E-state index is 0.0432. The smallest absolute Gasteiger partial charge is 0.161 e. The second-order valence-corrected chi connectivity index (χ2v) is 4.13. The van der Waals surface area contributed by atoms with E-state index < -0.39 is 11.6 Å². The van der Waals surface area contributed by atoms with Crippen LogP contribution >= 0.6 is 0 Å². The summed E-state index contributed by atoms with van der Waals surface area (Å²) in [6.45, 7) is 1.93. The third kappa shape index (κ3) is 2.59. The average molecular weight is 248 g/mol. The average Bonchev–Trinajstić information content (AvgIpc) is 2.37. The Morgan fingerprint density at radius 3 is 2.33 bits per heavy atom. The number of hydrogen-bond donors (Lipinski definition) is 2. The largest absolute Gasteiger partial charge is 0.397 e. The van der Waals surface area contributed by atoms with Gasteiger partial charge in [0, 0.05) is 18.2 Å². The van der Waals surface area contributed by atoms with E-state index in [0.29, 0.717) is 5.69 Å². The lowest BCUT2D eigenvalue weighted by Gasteiger charge is -2.17. The van der Waals surface area contributed by atoms with Gasteiger partial charge in [-0.2, -0.15) is 0 Å². The molecule has 18 heavy (non-hydrogen) atoms. The van der Waals surface area contributed by atoms with Crippen molar-refractivity contribution in [3.8, 4) is 0 Å². The Kier molecular flexibility index (Phi) is 3.46. The van der Waals surface area contributed by atoms with Gasteiger partial charge in [0.05, 0.1) is 11.4 Å². The Balaban J connectivity index is 2.22. The first-order valence-corrected chi connectivity index (χ1v) is 5.64. The van der Waals surface area contributed by atoms with Crippen molar-refractivity contribution >= 4 is 11.4 Å². The molecule has 0 heterocycles. The van der Waals surface area contributed by atoms with E-state index in [1.807, 2.05) is 37.3 Å². The summed E-state index contributed by atoms with van der Waals surface area (Å²) in [5.74, 6) is -1.85. The maximum atomic E-state index is 13.1. The van der Waals surface area contributed by atoms with Crippen LogP contribution in [0.1, 0.15) is 18.5 Å². The molecule has 0 aliphatic heterocycles. The van der Waals surface area contributed by atoms with Gasteiger partial charge in [-0.05, 0) is 12.5 Å². The second kappa shape index (κ2) is 5.04. The summed E-state index contributed by atoms with van der Waals surface area (Å²) in [6.07, 6.45) is 0. The van der Waals surface area contributed by atoms with E-state index in [1.165, 1.54) is 0 Å². The van der Waals surface area contributed by atoms with Crippen LogP contribution in [0.3, 0.4) is 0 Å². The van der Waals surface area contributed by atoms with Crippen molar-refractivity contribution in [2.45, 2.75) is 13.0 Å². The summed E-state index contributed by atoms with van der Waals surface area (Å²) in [6, 6.07) is 11.7. The number of halogens is 2. The van der Waals surface area contributed by atoms with Gasteiger partial charge in [-0.15, -0.1) is 0 Å². The number of nitrogens with one attached hydrogen (secondary N) is 1. The second-order valence-electron chi connectivity index (χ2n) is 4.13. The maximum Gasteiger partial charge on any atom is 0.161 e. The van der Waals surface area contributed by atoms with Crippen LogP contribution in [-0.2, 0) is 0 Å². The number of nitrogen functional groups attached to an aromatic ring is 1. The molecule has 0 saturated heterocycles. The lowest BCUT2D eigenvalue weighted by Crippen LogP contribution is -2.09. The molecule has 0 fully saturated rings. The monoisotopic (exact) mass is 248 g/mol. The topological polar surface area (TPSA) is 38.0 Å². The minimum atomic E-state index is -0.939. The van der Waals surface area contributed by atoms with Gasteiger partial charge in [0.2, 0.25) is 0 Å². The number of hydrogen-bond acceptors (Lipinski definition) is 2. The normalized spacial score (nSPS) is 12.2. The van der Waals surface area contributed by atoms with E-state index in [9.17, 15) is 8.78 Å². The zero-order chi connectivity index (χ0) is 13.1. The third-order valence-corrected chi connectivity index (χ3v) is 2.76. The van der Waals surface area contributed by atoms with Gasteiger partial charge in [-0.25, -0.2) is 8.78 Å². The lowest BCUT2D eigenvalue weighted by atomic mass is 10.1. The van der Waals surface area contributed by atoms with E-state index in [2.05, 4.69) is 5.32 Å². The fourth-order valence-corrected chi connectivity index (χ4v) is 1.75. The molecule has 4 heteroatoms. The van der Waals surface area contributed by atoms with Gasteiger partial charge in [0.1, 0.15) is 0 Å². The summed E-state index contributed by atoms with van der Waals surface area (Å²) in [4.78, 5) is 0. The van der Waals surface area contributed by atoms with Gasteiger partial charge >= 0.3 is 0 Å². The molecule has 0 aliphatic rings.